The van der Waals surface area contributed by atoms with E-state index in [1.54, 1.807) is 6.20 Å². The third-order valence-electron chi connectivity index (χ3n) is 2.23. The van der Waals surface area contributed by atoms with Crippen molar-refractivity contribution in [1.82, 2.24) is 9.97 Å². The standard InChI is InChI=1S/C11H12N2O3S/c1-5(2)8-9(11(14)15)16-10(13-8)7-4-12-6(3)17-7/h4-5H,1-3H3,(H,14,15). The third kappa shape index (κ3) is 2.21. The van der Waals surface area contributed by atoms with Gasteiger partial charge in [0.2, 0.25) is 11.7 Å². The number of aryl methyl sites for hydroxylation is 1. The summed E-state index contributed by atoms with van der Waals surface area (Å²) < 4.78 is 5.30. The molecule has 0 bridgehead atoms. The number of carbonyl (C=O) groups is 1. The molecule has 0 aromatic carbocycles. The number of nitrogens with zero attached hydrogens (tertiary/aromatic N) is 2. The molecule has 0 fully saturated rings. The van der Waals surface area contributed by atoms with Crippen molar-refractivity contribution < 1.29 is 14.3 Å². The minimum atomic E-state index is -1.09. The zero-order chi connectivity index (χ0) is 12.6. The topological polar surface area (TPSA) is 76.2 Å². The summed E-state index contributed by atoms with van der Waals surface area (Å²) in [5.41, 5.74) is 0.471. The zero-order valence-corrected chi connectivity index (χ0v) is 10.5. The van der Waals surface area contributed by atoms with E-state index in [0.29, 0.717) is 11.6 Å². The van der Waals surface area contributed by atoms with Crippen LogP contribution in [0.5, 0.6) is 0 Å². The van der Waals surface area contributed by atoms with Crippen LogP contribution in [0.15, 0.2) is 10.6 Å². The normalized spacial score (nSPS) is 11.1. The van der Waals surface area contributed by atoms with E-state index in [0.717, 1.165) is 9.88 Å². The second-order valence-corrected chi connectivity index (χ2v) is 5.17. The van der Waals surface area contributed by atoms with Gasteiger partial charge in [-0.25, -0.2) is 14.8 Å². The minimum Gasteiger partial charge on any atom is -0.475 e. The Hall–Kier alpha value is -1.69. The summed E-state index contributed by atoms with van der Waals surface area (Å²) in [6, 6.07) is 0. The fourth-order valence-corrected chi connectivity index (χ4v) is 2.15. The zero-order valence-electron chi connectivity index (χ0n) is 9.72. The molecule has 0 amide bonds. The van der Waals surface area contributed by atoms with Gasteiger partial charge < -0.3 is 9.52 Å². The van der Waals surface area contributed by atoms with Crippen LogP contribution in [-0.2, 0) is 0 Å². The highest BCUT2D eigenvalue weighted by atomic mass is 32.1. The fourth-order valence-electron chi connectivity index (χ4n) is 1.44. The molecule has 17 heavy (non-hydrogen) atoms. The van der Waals surface area contributed by atoms with Crippen LogP contribution in [-0.4, -0.2) is 21.0 Å². The average molecular weight is 252 g/mol. The van der Waals surface area contributed by atoms with Crippen molar-refractivity contribution in [3.8, 4) is 10.8 Å². The smallest absolute Gasteiger partial charge is 0.373 e. The number of carboxylic acids is 1. The summed E-state index contributed by atoms with van der Waals surface area (Å²) in [5.74, 6) is -0.834. The van der Waals surface area contributed by atoms with Gasteiger partial charge in [-0.05, 0) is 12.8 Å². The fraction of sp³-hybridized carbons (Fsp3) is 0.364. The predicted molar refractivity (Wildman–Crippen MR) is 63.4 cm³/mol. The molecule has 0 aliphatic rings. The molecule has 0 unspecified atom stereocenters. The van der Waals surface area contributed by atoms with Crippen molar-refractivity contribution >= 4 is 17.3 Å². The van der Waals surface area contributed by atoms with E-state index in [1.165, 1.54) is 11.3 Å². The minimum absolute atomic E-state index is 0.00705. The molecule has 0 radical (unpaired) electrons. The molecular weight excluding hydrogens is 240 g/mol. The molecule has 2 aromatic rings. The summed E-state index contributed by atoms with van der Waals surface area (Å²) in [7, 11) is 0. The number of oxazole rings is 1. The van der Waals surface area contributed by atoms with E-state index in [1.807, 2.05) is 20.8 Å². The summed E-state index contributed by atoms with van der Waals surface area (Å²) in [4.78, 5) is 20.1. The lowest BCUT2D eigenvalue weighted by molar-refractivity contribution is 0.0661. The summed E-state index contributed by atoms with van der Waals surface area (Å²) in [6.07, 6.45) is 1.64. The van der Waals surface area contributed by atoms with Crippen molar-refractivity contribution in [3.63, 3.8) is 0 Å². The van der Waals surface area contributed by atoms with Crippen molar-refractivity contribution in [2.45, 2.75) is 26.7 Å². The molecule has 2 rings (SSSR count). The van der Waals surface area contributed by atoms with Gasteiger partial charge in [0, 0.05) is 0 Å². The SMILES string of the molecule is Cc1ncc(-c2nc(C(C)C)c(C(=O)O)o2)s1. The first-order valence-corrected chi connectivity index (χ1v) is 5.97. The summed E-state index contributed by atoms with van der Waals surface area (Å²) in [6.45, 7) is 5.64. The highest BCUT2D eigenvalue weighted by Crippen LogP contribution is 2.29. The molecule has 0 spiro atoms. The van der Waals surface area contributed by atoms with Gasteiger partial charge in [-0.15, -0.1) is 11.3 Å². The molecule has 0 atom stereocenters. The number of aromatic carboxylic acids is 1. The van der Waals surface area contributed by atoms with Crippen molar-refractivity contribution in [2.75, 3.05) is 0 Å². The highest BCUT2D eigenvalue weighted by molar-refractivity contribution is 7.14. The van der Waals surface area contributed by atoms with Gasteiger partial charge in [-0.1, -0.05) is 13.8 Å². The monoisotopic (exact) mass is 252 g/mol. The van der Waals surface area contributed by atoms with E-state index in [2.05, 4.69) is 9.97 Å². The van der Waals surface area contributed by atoms with E-state index >= 15 is 0 Å². The number of rotatable bonds is 3. The first kappa shape index (κ1) is 11.8. The molecular formula is C11H12N2O3S. The molecule has 0 aliphatic heterocycles. The van der Waals surface area contributed by atoms with E-state index in [9.17, 15) is 4.79 Å². The number of hydrogen-bond donors (Lipinski definition) is 1. The van der Waals surface area contributed by atoms with Gasteiger partial charge >= 0.3 is 5.97 Å². The Labute approximate surface area is 102 Å². The van der Waals surface area contributed by atoms with Crippen molar-refractivity contribution in [2.24, 2.45) is 0 Å². The van der Waals surface area contributed by atoms with Gasteiger partial charge in [0.25, 0.3) is 0 Å². The maximum Gasteiger partial charge on any atom is 0.373 e. The molecule has 0 saturated heterocycles. The van der Waals surface area contributed by atoms with Crippen LogP contribution in [0.25, 0.3) is 10.8 Å². The highest BCUT2D eigenvalue weighted by Gasteiger charge is 2.23. The molecule has 2 heterocycles. The first-order valence-electron chi connectivity index (χ1n) is 5.16. The quantitative estimate of drug-likeness (QED) is 0.908. The van der Waals surface area contributed by atoms with Crippen molar-refractivity contribution in [3.05, 3.63) is 22.7 Å². The van der Waals surface area contributed by atoms with E-state index in [4.69, 9.17) is 9.52 Å². The Morgan fingerprint density at radius 3 is 2.65 bits per heavy atom. The van der Waals surface area contributed by atoms with Crippen LogP contribution in [0.4, 0.5) is 0 Å². The second-order valence-electron chi connectivity index (χ2n) is 3.94. The van der Waals surface area contributed by atoms with Gasteiger partial charge in [0.15, 0.2) is 0 Å². The van der Waals surface area contributed by atoms with Crippen LogP contribution in [0.1, 0.15) is 41.0 Å². The Bertz CT molecular complexity index is 557. The van der Waals surface area contributed by atoms with Gasteiger partial charge in [0.1, 0.15) is 4.88 Å². The number of carboxylic acid groups (broad SMARTS) is 1. The third-order valence-corrected chi connectivity index (χ3v) is 3.13. The molecule has 6 heteroatoms. The van der Waals surface area contributed by atoms with E-state index < -0.39 is 5.97 Å². The maximum absolute atomic E-state index is 11.0. The lowest BCUT2D eigenvalue weighted by atomic mass is 10.1. The van der Waals surface area contributed by atoms with Crippen LogP contribution < -0.4 is 0 Å². The van der Waals surface area contributed by atoms with Crippen LogP contribution >= 0.6 is 11.3 Å². The predicted octanol–water partition coefficient (Wildman–Crippen LogP) is 2.93. The molecule has 90 valence electrons. The summed E-state index contributed by atoms with van der Waals surface area (Å²) in [5, 5.41) is 9.92. The molecule has 0 saturated carbocycles. The lowest BCUT2D eigenvalue weighted by Crippen LogP contribution is -2.01. The van der Waals surface area contributed by atoms with Crippen molar-refractivity contribution in [1.29, 1.82) is 0 Å². The number of thiazole rings is 1. The van der Waals surface area contributed by atoms with Gasteiger partial charge in [-0.3, -0.25) is 0 Å². The largest absolute Gasteiger partial charge is 0.475 e. The lowest BCUT2D eigenvalue weighted by Gasteiger charge is -1.98. The average Bonchev–Trinajstić information content (AvgIpc) is 2.82. The Balaban J connectivity index is 2.50. The van der Waals surface area contributed by atoms with Crippen LogP contribution in [0.3, 0.4) is 0 Å². The van der Waals surface area contributed by atoms with Gasteiger partial charge in [0.05, 0.1) is 16.9 Å². The first-order chi connectivity index (χ1) is 7.99. The van der Waals surface area contributed by atoms with Crippen LogP contribution in [0.2, 0.25) is 0 Å². The van der Waals surface area contributed by atoms with E-state index in [-0.39, 0.29) is 11.7 Å². The number of aromatic nitrogens is 2. The Kier molecular flexibility index (Phi) is 2.97. The molecule has 5 nitrogen and oxygen atoms in total. The van der Waals surface area contributed by atoms with Crippen LogP contribution in [0, 0.1) is 6.92 Å². The Morgan fingerprint density at radius 1 is 1.53 bits per heavy atom. The Morgan fingerprint density at radius 2 is 2.24 bits per heavy atom. The molecule has 2 aromatic heterocycles. The summed E-state index contributed by atoms with van der Waals surface area (Å²) >= 11 is 1.43. The molecule has 0 aliphatic carbocycles. The number of hydrogen-bond acceptors (Lipinski definition) is 5. The second kappa shape index (κ2) is 4.29. The molecule has 1 N–H and O–H groups in total. The van der Waals surface area contributed by atoms with Gasteiger partial charge in [-0.2, -0.15) is 0 Å². The maximum atomic E-state index is 11.0.